The predicted molar refractivity (Wildman–Crippen MR) is 59.1 cm³/mol. The quantitative estimate of drug-likeness (QED) is 0.373. The molecule has 0 spiro atoms. The largest absolute Gasteiger partial charge is 0.550 e. The lowest BCUT2D eigenvalue weighted by molar-refractivity contribution is -0.215. The van der Waals surface area contributed by atoms with Crippen LogP contribution in [0.4, 0.5) is 9.59 Å². The number of nitrogens with zero attached hydrogens (tertiary/aromatic N) is 2. The zero-order valence-electron chi connectivity index (χ0n) is 10.6. The number of carbonyl (C=O) groups excluding carboxylic acids is 2. The van der Waals surface area contributed by atoms with Crippen molar-refractivity contribution in [1.82, 2.24) is 4.90 Å². The van der Waals surface area contributed by atoms with E-state index < -0.39 is 17.8 Å². The van der Waals surface area contributed by atoms with Gasteiger partial charge < -0.3 is 9.64 Å². The van der Waals surface area contributed by atoms with Crippen molar-refractivity contribution in [3.8, 4) is 6.07 Å². The van der Waals surface area contributed by atoms with Crippen molar-refractivity contribution >= 4 is 12.2 Å². The number of likely N-dealkylation sites (tertiary alicyclic amines) is 1. The molecule has 0 bridgehead atoms. The van der Waals surface area contributed by atoms with E-state index in [0.29, 0.717) is 13.0 Å². The Bertz CT molecular complexity index is 369. The van der Waals surface area contributed by atoms with Gasteiger partial charge in [0.15, 0.2) is 0 Å². The average molecular weight is 256 g/mol. The molecule has 1 heterocycles. The van der Waals surface area contributed by atoms with Crippen molar-refractivity contribution in [3.63, 3.8) is 0 Å². The Morgan fingerprint density at radius 3 is 2.50 bits per heavy atom. The number of nitriles is 1. The third kappa shape index (κ3) is 4.49. The van der Waals surface area contributed by atoms with Gasteiger partial charge in [-0.3, -0.25) is 0 Å². The smallest absolute Gasteiger partial charge is 0.426 e. The maximum Gasteiger partial charge on any atom is 0.550 e. The summed E-state index contributed by atoms with van der Waals surface area (Å²) in [5, 5.41) is 8.68. The van der Waals surface area contributed by atoms with Gasteiger partial charge in [-0.05, 0) is 27.2 Å². The predicted octanol–water partition coefficient (Wildman–Crippen LogP) is 1.84. The standard InChI is InChI=1S/C11H16N2O5/c1-11(2,3)16-10(15)18-17-9(14)13-5-4-8(6-12)7-13/h8H,4-5,7H2,1-3H3. The Morgan fingerprint density at radius 2 is 2.00 bits per heavy atom. The summed E-state index contributed by atoms with van der Waals surface area (Å²) in [4.78, 5) is 32.4. The van der Waals surface area contributed by atoms with E-state index >= 15 is 0 Å². The average Bonchev–Trinajstić information content (AvgIpc) is 2.72. The number of amides is 1. The van der Waals surface area contributed by atoms with Crippen LogP contribution in [0.3, 0.4) is 0 Å². The minimum absolute atomic E-state index is 0.195. The molecule has 1 fully saturated rings. The third-order valence-electron chi connectivity index (χ3n) is 2.20. The molecule has 1 aliphatic rings. The first-order valence-corrected chi connectivity index (χ1v) is 5.58. The summed E-state index contributed by atoms with van der Waals surface area (Å²) in [6, 6.07) is 2.06. The summed E-state index contributed by atoms with van der Waals surface area (Å²) >= 11 is 0. The van der Waals surface area contributed by atoms with E-state index in [0.717, 1.165) is 0 Å². The van der Waals surface area contributed by atoms with Gasteiger partial charge in [0, 0.05) is 13.1 Å². The molecule has 1 aliphatic heterocycles. The number of rotatable bonds is 0. The topological polar surface area (TPSA) is 88.9 Å². The second-order valence-corrected chi connectivity index (χ2v) is 4.96. The molecule has 1 saturated heterocycles. The number of hydrogen-bond acceptors (Lipinski definition) is 6. The molecule has 0 aromatic rings. The molecule has 0 aromatic carbocycles. The summed E-state index contributed by atoms with van der Waals surface area (Å²) in [7, 11) is 0. The molecule has 0 N–H and O–H groups in total. The minimum atomic E-state index is -1.08. The first-order chi connectivity index (χ1) is 8.31. The maximum atomic E-state index is 11.4. The molecule has 7 nitrogen and oxygen atoms in total. The Hall–Kier alpha value is -1.97. The number of hydrogen-bond donors (Lipinski definition) is 0. The van der Waals surface area contributed by atoms with Crippen LogP contribution in [-0.2, 0) is 14.5 Å². The molecule has 0 aromatic heterocycles. The van der Waals surface area contributed by atoms with Crippen LogP contribution in [0.5, 0.6) is 0 Å². The molecule has 0 aliphatic carbocycles. The van der Waals surface area contributed by atoms with Crippen LogP contribution in [0.1, 0.15) is 27.2 Å². The van der Waals surface area contributed by atoms with Gasteiger partial charge in [-0.2, -0.15) is 10.1 Å². The van der Waals surface area contributed by atoms with Gasteiger partial charge in [0.2, 0.25) is 0 Å². The van der Waals surface area contributed by atoms with E-state index in [1.165, 1.54) is 4.90 Å². The zero-order chi connectivity index (χ0) is 13.8. The summed E-state index contributed by atoms with van der Waals surface area (Å²) in [6.45, 7) is 5.68. The molecular formula is C11H16N2O5. The molecule has 18 heavy (non-hydrogen) atoms. The monoisotopic (exact) mass is 256 g/mol. The second kappa shape index (κ2) is 5.58. The van der Waals surface area contributed by atoms with Crippen LogP contribution >= 0.6 is 0 Å². The molecule has 0 radical (unpaired) electrons. The molecule has 1 amide bonds. The van der Waals surface area contributed by atoms with Crippen molar-refractivity contribution in [2.45, 2.75) is 32.8 Å². The Balaban J connectivity index is 2.30. The van der Waals surface area contributed by atoms with Crippen molar-refractivity contribution in [1.29, 1.82) is 5.26 Å². The lowest BCUT2D eigenvalue weighted by Crippen LogP contribution is -2.31. The molecule has 0 saturated carbocycles. The molecule has 100 valence electrons. The zero-order valence-corrected chi connectivity index (χ0v) is 10.6. The van der Waals surface area contributed by atoms with Gasteiger partial charge in [-0.15, -0.1) is 0 Å². The van der Waals surface area contributed by atoms with Crippen molar-refractivity contribution < 1.29 is 24.1 Å². The Labute approximate surface area is 105 Å². The summed E-state index contributed by atoms with van der Waals surface area (Å²) in [6.07, 6.45) is -1.27. The highest BCUT2D eigenvalue weighted by Gasteiger charge is 2.29. The van der Waals surface area contributed by atoms with E-state index in [2.05, 4.69) is 15.8 Å². The highest BCUT2D eigenvalue weighted by Crippen LogP contribution is 2.16. The summed E-state index contributed by atoms with van der Waals surface area (Å²) in [5.41, 5.74) is -0.719. The van der Waals surface area contributed by atoms with Crippen molar-refractivity contribution in [2.24, 2.45) is 5.92 Å². The molecule has 1 rings (SSSR count). The van der Waals surface area contributed by atoms with E-state index in [1.54, 1.807) is 20.8 Å². The van der Waals surface area contributed by atoms with Gasteiger partial charge in [-0.1, -0.05) is 0 Å². The van der Waals surface area contributed by atoms with Crippen LogP contribution in [-0.4, -0.2) is 35.8 Å². The normalized spacial score (nSPS) is 19.0. The minimum Gasteiger partial charge on any atom is -0.426 e. The second-order valence-electron chi connectivity index (χ2n) is 4.96. The first kappa shape index (κ1) is 14.1. The Kier molecular flexibility index (Phi) is 4.37. The summed E-state index contributed by atoms with van der Waals surface area (Å²) in [5.74, 6) is -0.195. The molecular weight excluding hydrogens is 240 g/mol. The number of ether oxygens (including phenoxy) is 1. The fraction of sp³-hybridized carbons (Fsp3) is 0.727. The van der Waals surface area contributed by atoms with E-state index in [1.807, 2.05) is 0 Å². The Morgan fingerprint density at radius 1 is 1.33 bits per heavy atom. The van der Waals surface area contributed by atoms with Gasteiger partial charge in [0.25, 0.3) is 0 Å². The van der Waals surface area contributed by atoms with Gasteiger partial charge in [0.1, 0.15) is 5.60 Å². The summed E-state index contributed by atoms with van der Waals surface area (Å²) < 4.78 is 4.78. The molecule has 7 heteroatoms. The fourth-order valence-electron chi connectivity index (χ4n) is 1.42. The number of carbonyl (C=O) groups is 2. The lowest BCUT2D eigenvalue weighted by Gasteiger charge is -2.18. The van der Waals surface area contributed by atoms with Gasteiger partial charge >= 0.3 is 12.2 Å². The van der Waals surface area contributed by atoms with E-state index in [4.69, 9.17) is 10.00 Å². The maximum absolute atomic E-state index is 11.4. The lowest BCUT2D eigenvalue weighted by atomic mass is 10.1. The molecule has 1 unspecified atom stereocenters. The van der Waals surface area contributed by atoms with Crippen LogP contribution in [0.2, 0.25) is 0 Å². The van der Waals surface area contributed by atoms with Crippen LogP contribution in [0, 0.1) is 17.2 Å². The van der Waals surface area contributed by atoms with Crippen LogP contribution in [0.25, 0.3) is 0 Å². The van der Waals surface area contributed by atoms with Crippen LogP contribution < -0.4 is 0 Å². The fourth-order valence-corrected chi connectivity index (χ4v) is 1.42. The first-order valence-electron chi connectivity index (χ1n) is 5.58. The van der Waals surface area contributed by atoms with E-state index in [9.17, 15) is 9.59 Å². The van der Waals surface area contributed by atoms with Crippen molar-refractivity contribution in [3.05, 3.63) is 0 Å². The van der Waals surface area contributed by atoms with Gasteiger partial charge in [0.05, 0.1) is 12.0 Å². The van der Waals surface area contributed by atoms with Crippen LogP contribution in [0.15, 0.2) is 0 Å². The van der Waals surface area contributed by atoms with Gasteiger partial charge in [-0.25, -0.2) is 14.6 Å². The highest BCUT2D eigenvalue weighted by atomic mass is 17.2. The third-order valence-corrected chi connectivity index (χ3v) is 2.20. The highest BCUT2D eigenvalue weighted by molar-refractivity contribution is 5.69. The SMILES string of the molecule is CC(C)(C)OC(=O)OOC(=O)N1CCC(C#N)C1. The van der Waals surface area contributed by atoms with E-state index in [-0.39, 0.29) is 12.5 Å². The molecule has 1 atom stereocenters. The van der Waals surface area contributed by atoms with Crippen molar-refractivity contribution in [2.75, 3.05) is 13.1 Å².